The molecule has 0 unspecified atom stereocenters. The summed E-state index contributed by atoms with van der Waals surface area (Å²) >= 11 is 0. The van der Waals surface area contributed by atoms with Crippen LogP contribution in [0.3, 0.4) is 0 Å². The summed E-state index contributed by atoms with van der Waals surface area (Å²) in [6, 6.07) is 11.7. The molecule has 2 aliphatic heterocycles. The van der Waals surface area contributed by atoms with Crippen molar-refractivity contribution in [3.05, 3.63) is 81.4 Å². The van der Waals surface area contributed by atoms with Gasteiger partial charge in [0.15, 0.2) is 0 Å². The number of hydrogen-bond acceptors (Lipinski definition) is 6. The van der Waals surface area contributed by atoms with Crippen molar-refractivity contribution >= 4 is 11.1 Å². The van der Waals surface area contributed by atoms with Gasteiger partial charge in [0, 0.05) is 12.6 Å². The first-order valence-electron chi connectivity index (χ1n) is 10.8. The Morgan fingerprint density at radius 3 is 3.03 bits per heavy atom. The minimum atomic E-state index is -0.308. The fourth-order valence-electron chi connectivity index (χ4n) is 4.32. The Hall–Kier alpha value is -3.47. The average Bonchev–Trinajstić information content (AvgIpc) is 3.06. The molecule has 1 fully saturated rings. The SMILES string of the molecule is N#Cc1ccccc1C1=CC2=C(CC=C1)c1cc(OC[C@@H]3COCCO3)nc(=O)n1CC2. The van der Waals surface area contributed by atoms with Gasteiger partial charge in [-0.25, -0.2) is 4.79 Å². The smallest absolute Gasteiger partial charge is 0.351 e. The lowest BCUT2D eigenvalue weighted by atomic mass is 9.93. The number of hydrogen-bond donors (Lipinski definition) is 0. The van der Waals surface area contributed by atoms with E-state index in [9.17, 15) is 10.1 Å². The summed E-state index contributed by atoms with van der Waals surface area (Å²) in [4.78, 5) is 16.8. The molecule has 1 atom stereocenters. The molecule has 3 heterocycles. The number of ether oxygens (including phenoxy) is 3. The van der Waals surface area contributed by atoms with Gasteiger partial charge in [0.1, 0.15) is 12.7 Å². The van der Waals surface area contributed by atoms with Crippen LogP contribution in [0.25, 0.3) is 11.1 Å². The number of nitrogens with zero attached hydrogens (tertiary/aromatic N) is 3. The lowest BCUT2D eigenvalue weighted by Gasteiger charge is -2.24. The second-order valence-corrected chi connectivity index (χ2v) is 7.91. The molecule has 0 N–H and O–H groups in total. The van der Waals surface area contributed by atoms with Crippen molar-refractivity contribution in [3.63, 3.8) is 0 Å². The second-order valence-electron chi connectivity index (χ2n) is 7.91. The summed E-state index contributed by atoms with van der Waals surface area (Å²) in [5, 5.41) is 9.50. The highest BCUT2D eigenvalue weighted by Gasteiger charge is 2.23. The van der Waals surface area contributed by atoms with Crippen LogP contribution in [0.2, 0.25) is 0 Å². The Morgan fingerprint density at radius 1 is 1.28 bits per heavy atom. The van der Waals surface area contributed by atoms with Crippen molar-refractivity contribution < 1.29 is 14.2 Å². The molecule has 0 bridgehead atoms. The number of fused-ring (bicyclic) bond motifs is 2. The van der Waals surface area contributed by atoms with Crippen molar-refractivity contribution in [1.82, 2.24) is 9.55 Å². The van der Waals surface area contributed by atoms with Crippen LogP contribution in [0.4, 0.5) is 0 Å². The zero-order valence-electron chi connectivity index (χ0n) is 17.6. The van der Waals surface area contributed by atoms with Crippen LogP contribution in [0, 0.1) is 11.3 Å². The summed E-state index contributed by atoms with van der Waals surface area (Å²) in [5.74, 6) is 0.302. The van der Waals surface area contributed by atoms with Crippen LogP contribution < -0.4 is 10.4 Å². The number of rotatable bonds is 4. The molecule has 0 saturated carbocycles. The highest BCUT2D eigenvalue weighted by Crippen LogP contribution is 2.36. The second kappa shape index (κ2) is 8.95. The van der Waals surface area contributed by atoms with E-state index >= 15 is 0 Å². The predicted octanol–water partition coefficient (Wildman–Crippen LogP) is 3.11. The van der Waals surface area contributed by atoms with E-state index in [0.29, 0.717) is 44.2 Å². The van der Waals surface area contributed by atoms with Gasteiger partial charge < -0.3 is 14.2 Å². The van der Waals surface area contributed by atoms with E-state index in [-0.39, 0.29) is 18.4 Å². The largest absolute Gasteiger partial charge is 0.475 e. The van der Waals surface area contributed by atoms with Gasteiger partial charge >= 0.3 is 5.69 Å². The molecule has 1 aromatic heterocycles. The van der Waals surface area contributed by atoms with Gasteiger partial charge in [-0.2, -0.15) is 10.2 Å². The van der Waals surface area contributed by atoms with E-state index < -0.39 is 0 Å². The Kier molecular flexibility index (Phi) is 5.71. The quantitative estimate of drug-likeness (QED) is 0.742. The van der Waals surface area contributed by atoms with Crippen LogP contribution in [-0.4, -0.2) is 42.1 Å². The minimum Gasteiger partial charge on any atom is -0.475 e. The zero-order valence-corrected chi connectivity index (χ0v) is 17.6. The maximum atomic E-state index is 12.7. The third-order valence-electron chi connectivity index (χ3n) is 5.90. The van der Waals surface area contributed by atoms with E-state index in [1.54, 1.807) is 4.57 Å². The molecule has 1 saturated heterocycles. The topological polar surface area (TPSA) is 86.4 Å². The van der Waals surface area contributed by atoms with Crippen molar-refractivity contribution in [3.8, 4) is 11.9 Å². The lowest BCUT2D eigenvalue weighted by molar-refractivity contribution is -0.102. The Morgan fingerprint density at radius 2 is 2.19 bits per heavy atom. The fourth-order valence-corrected chi connectivity index (χ4v) is 4.32. The van der Waals surface area contributed by atoms with Crippen molar-refractivity contribution in [2.24, 2.45) is 0 Å². The highest BCUT2D eigenvalue weighted by molar-refractivity contribution is 5.85. The van der Waals surface area contributed by atoms with E-state index in [4.69, 9.17) is 14.2 Å². The third-order valence-corrected chi connectivity index (χ3v) is 5.90. The maximum absolute atomic E-state index is 12.7. The molecular weight excluding hydrogens is 406 g/mol. The molecule has 32 heavy (non-hydrogen) atoms. The standard InChI is InChI=1S/C25H23N3O4/c26-14-19-4-1-2-6-21(19)17-5-3-7-22-18(12-17)8-9-28-23(22)13-24(27-25(28)29)32-16-20-15-30-10-11-31-20/h1-6,12-13,20H,7-11,15-16H2/t20-/m0/s1. The molecule has 7 heteroatoms. The molecule has 1 aliphatic carbocycles. The third kappa shape index (κ3) is 4.03. The Balaban J connectivity index is 1.48. The molecule has 1 aromatic carbocycles. The van der Waals surface area contributed by atoms with Gasteiger partial charge in [-0.05, 0) is 41.2 Å². The van der Waals surface area contributed by atoms with Gasteiger partial charge in [0.2, 0.25) is 5.88 Å². The average molecular weight is 429 g/mol. The summed E-state index contributed by atoms with van der Waals surface area (Å²) < 4.78 is 18.5. The van der Waals surface area contributed by atoms with E-state index in [0.717, 1.165) is 28.8 Å². The first-order chi connectivity index (χ1) is 15.7. The van der Waals surface area contributed by atoms with Gasteiger partial charge in [-0.3, -0.25) is 4.57 Å². The van der Waals surface area contributed by atoms with Crippen LogP contribution in [0.15, 0.2) is 58.9 Å². The van der Waals surface area contributed by atoms with Crippen molar-refractivity contribution in [2.45, 2.75) is 25.5 Å². The van der Waals surface area contributed by atoms with Gasteiger partial charge in [0.25, 0.3) is 0 Å². The molecule has 0 spiro atoms. The molecule has 3 aliphatic rings. The van der Waals surface area contributed by atoms with Gasteiger partial charge in [-0.15, -0.1) is 0 Å². The summed E-state index contributed by atoms with van der Waals surface area (Å²) in [6.07, 6.45) is 7.53. The van der Waals surface area contributed by atoms with Crippen molar-refractivity contribution in [1.29, 1.82) is 5.26 Å². The highest BCUT2D eigenvalue weighted by atomic mass is 16.6. The summed E-state index contributed by atoms with van der Waals surface area (Å²) in [7, 11) is 0. The normalized spacial score (nSPS) is 20.0. The molecule has 7 nitrogen and oxygen atoms in total. The molecule has 5 rings (SSSR count). The first-order valence-corrected chi connectivity index (χ1v) is 10.8. The molecule has 0 amide bonds. The molecule has 2 aromatic rings. The fraction of sp³-hybridized carbons (Fsp3) is 0.320. The summed E-state index contributed by atoms with van der Waals surface area (Å²) in [6.45, 7) is 2.45. The minimum absolute atomic E-state index is 0.161. The van der Waals surface area contributed by atoms with E-state index in [1.807, 2.05) is 30.3 Å². The van der Waals surface area contributed by atoms with Crippen LogP contribution >= 0.6 is 0 Å². The maximum Gasteiger partial charge on any atom is 0.351 e. The van der Waals surface area contributed by atoms with Crippen LogP contribution in [0.1, 0.15) is 29.7 Å². The number of aromatic nitrogens is 2. The molecular formula is C25H23N3O4. The molecule has 162 valence electrons. The van der Waals surface area contributed by atoms with Crippen molar-refractivity contribution in [2.75, 3.05) is 26.4 Å². The van der Waals surface area contributed by atoms with Gasteiger partial charge in [0.05, 0.1) is 37.1 Å². The predicted molar refractivity (Wildman–Crippen MR) is 119 cm³/mol. The monoisotopic (exact) mass is 429 g/mol. The summed E-state index contributed by atoms with van der Waals surface area (Å²) in [5.41, 5.74) is 5.33. The number of benzene rings is 1. The van der Waals surface area contributed by atoms with Gasteiger partial charge in [-0.1, -0.05) is 36.4 Å². The van der Waals surface area contributed by atoms with E-state index in [2.05, 4.69) is 29.3 Å². The number of allylic oxidation sites excluding steroid dienone is 6. The van der Waals surface area contributed by atoms with Crippen LogP contribution in [0.5, 0.6) is 5.88 Å². The molecule has 0 radical (unpaired) electrons. The Bertz CT molecular complexity index is 1230. The Labute approximate surface area is 185 Å². The number of nitriles is 1. The van der Waals surface area contributed by atoms with Crippen LogP contribution in [-0.2, 0) is 16.0 Å². The van der Waals surface area contributed by atoms with E-state index in [1.165, 1.54) is 5.57 Å². The lowest BCUT2D eigenvalue weighted by Crippen LogP contribution is -2.34. The zero-order chi connectivity index (χ0) is 21.9. The first kappa shape index (κ1) is 20.4.